The number of aliphatic imine (C=N–C) groups is 1. The summed E-state index contributed by atoms with van der Waals surface area (Å²) in [6, 6.07) is 16.4. The molecule has 3 aromatic rings. The van der Waals surface area contributed by atoms with Crippen molar-refractivity contribution in [1.82, 2.24) is 0 Å². The summed E-state index contributed by atoms with van der Waals surface area (Å²) in [5.74, 6) is 0.115. The molecule has 3 aromatic carbocycles. The van der Waals surface area contributed by atoms with Crippen LogP contribution in [0.1, 0.15) is 16.7 Å². The van der Waals surface area contributed by atoms with Crippen LogP contribution in [0.2, 0.25) is 5.02 Å². The van der Waals surface area contributed by atoms with Gasteiger partial charge in [0.2, 0.25) is 11.6 Å². The summed E-state index contributed by atoms with van der Waals surface area (Å²) in [7, 11) is 3.00. The van der Waals surface area contributed by atoms with Crippen LogP contribution in [-0.4, -0.2) is 26.1 Å². The zero-order chi connectivity index (χ0) is 23.4. The number of ether oxygens (including phenoxy) is 4. The summed E-state index contributed by atoms with van der Waals surface area (Å²) in [5.41, 5.74) is 1.81. The number of nitrogens with zero attached hydrogens (tertiary/aromatic N) is 1. The van der Waals surface area contributed by atoms with Gasteiger partial charge in [-0.1, -0.05) is 35.9 Å². The highest BCUT2D eigenvalue weighted by atomic mass is 35.5. The van der Waals surface area contributed by atoms with Crippen molar-refractivity contribution >= 4 is 29.5 Å². The normalized spacial score (nSPS) is 14.1. The molecule has 0 aromatic heterocycles. The topological polar surface area (TPSA) is 66.4 Å². The number of halogens is 2. The molecular weight excluding hydrogens is 449 g/mol. The van der Waals surface area contributed by atoms with E-state index in [9.17, 15) is 9.18 Å². The first-order valence-electron chi connectivity index (χ1n) is 9.89. The van der Waals surface area contributed by atoms with Crippen LogP contribution in [-0.2, 0) is 16.1 Å². The van der Waals surface area contributed by atoms with E-state index < -0.39 is 11.8 Å². The van der Waals surface area contributed by atoms with E-state index >= 15 is 0 Å². The van der Waals surface area contributed by atoms with Gasteiger partial charge in [-0.3, -0.25) is 0 Å². The highest BCUT2D eigenvalue weighted by Gasteiger charge is 2.25. The molecule has 1 heterocycles. The largest absolute Gasteiger partial charge is 0.493 e. The summed E-state index contributed by atoms with van der Waals surface area (Å²) in [6.45, 7) is 0.209. The zero-order valence-electron chi connectivity index (χ0n) is 17.8. The third-order valence-electron chi connectivity index (χ3n) is 4.81. The van der Waals surface area contributed by atoms with Gasteiger partial charge in [0.25, 0.3) is 0 Å². The molecule has 0 N–H and O–H groups in total. The van der Waals surface area contributed by atoms with Gasteiger partial charge in [-0.25, -0.2) is 14.2 Å². The van der Waals surface area contributed by atoms with Crippen LogP contribution in [0.15, 0.2) is 71.4 Å². The number of esters is 1. The first-order valence-corrected chi connectivity index (χ1v) is 10.3. The Morgan fingerprint density at radius 1 is 1.03 bits per heavy atom. The third-order valence-corrected chi connectivity index (χ3v) is 5.18. The van der Waals surface area contributed by atoms with E-state index in [1.165, 1.54) is 38.5 Å². The molecule has 4 rings (SSSR count). The number of methoxy groups -OCH3 is 2. The fourth-order valence-corrected chi connectivity index (χ4v) is 3.39. The first kappa shape index (κ1) is 22.4. The van der Waals surface area contributed by atoms with E-state index in [2.05, 4.69) is 4.99 Å². The van der Waals surface area contributed by atoms with Gasteiger partial charge in [-0.05, 0) is 48.0 Å². The summed E-state index contributed by atoms with van der Waals surface area (Å²) in [4.78, 5) is 16.5. The lowest BCUT2D eigenvalue weighted by atomic mass is 10.1. The molecular formula is C25H19ClFNO5. The van der Waals surface area contributed by atoms with Crippen molar-refractivity contribution in [2.75, 3.05) is 14.2 Å². The molecule has 6 nitrogen and oxygen atoms in total. The standard InChI is InChI=1S/C25H19ClFNO5/c1-30-21-11-15(10-20-25(29)33-24(28-20)16-7-5-8-18(27)13-16)12-22(31-2)23(21)32-14-17-6-3-4-9-19(17)26/h3-13H,14H2,1-2H3/b20-10-. The lowest BCUT2D eigenvalue weighted by Crippen LogP contribution is -2.05. The molecule has 0 radical (unpaired) electrons. The molecule has 1 aliphatic heterocycles. The second-order valence-electron chi connectivity index (χ2n) is 6.98. The van der Waals surface area contributed by atoms with Gasteiger partial charge in [0.05, 0.1) is 14.2 Å². The summed E-state index contributed by atoms with van der Waals surface area (Å²) in [6.07, 6.45) is 1.53. The highest BCUT2D eigenvalue weighted by molar-refractivity contribution is 6.31. The molecule has 33 heavy (non-hydrogen) atoms. The average molecular weight is 468 g/mol. The second-order valence-corrected chi connectivity index (χ2v) is 7.39. The Morgan fingerprint density at radius 2 is 1.76 bits per heavy atom. The van der Waals surface area contributed by atoms with Crippen LogP contribution in [0.25, 0.3) is 6.08 Å². The summed E-state index contributed by atoms with van der Waals surface area (Å²) in [5, 5.41) is 0.587. The molecule has 0 fully saturated rings. The number of carbonyl (C=O) groups excluding carboxylic acids is 1. The molecule has 0 atom stereocenters. The van der Waals surface area contributed by atoms with Crippen LogP contribution in [0.3, 0.4) is 0 Å². The van der Waals surface area contributed by atoms with E-state index in [0.29, 0.717) is 33.4 Å². The first-order chi connectivity index (χ1) is 16.0. The van der Waals surface area contributed by atoms with E-state index in [1.54, 1.807) is 24.3 Å². The number of hydrogen-bond acceptors (Lipinski definition) is 6. The Balaban J connectivity index is 1.64. The number of carbonyl (C=O) groups is 1. The van der Waals surface area contributed by atoms with Crippen LogP contribution in [0.4, 0.5) is 4.39 Å². The molecule has 0 amide bonds. The van der Waals surface area contributed by atoms with Crippen molar-refractivity contribution in [1.29, 1.82) is 0 Å². The number of rotatable bonds is 7. The van der Waals surface area contributed by atoms with Gasteiger partial charge in [-0.15, -0.1) is 0 Å². The molecule has 0 unspecified atom stereocenters. The molecule has 0 saturated carbocycles. The van der Waals surface area contributed by atoms with E-state index in [4.69, 9.17) is 30.5 Å². The maximum Gasteiger partial charge on any atom is 0.363 e. The molecule has 8 heteroatoms. The predicted octanol–water partition coefficient (Wildman–Crippen LogP) is 5.42. The Kier molecular flexibility index (Phi) is 6.60. The number of cyclic esters (lactones) is 1. The van der Waals surface area contributed by atoms with Gasteiger partial charge in [0.15, 0.2) is 17.2 Å². The minimum atomic E-state index is -0.647. The predicted molar refractivity (Wildman–Crippen MR) is 122 cm³/mol. The molecule has 0 aliphatic carbocycles. The van der Waals surface area contributed by atoms with Crippen LogP contribution < -0.4 is 14.2 Å². The maximum atomic E-state index is 13.5. The van der Waals surface area contributed by atoms with Crippen molar-refractivity contribution in [3.05, 3.63) is 93.9 Å². The smallest absolute Gasteiger partial charge is 0.363 e. The Morgan fingerprint density at radius 3 is 2.42 bits per heavy atom. The second kappa shape index (κ2) is 9.75. The minimum absolute atomic E-state index is 0.0318. The van der Waals surface area contributed by atoms with Crippen molar-refractivity contribution in [2.24, 2.45) is 4.99 Å². The van der Waals surface area contributed by atoms with Gasteiger partial charge < -0.3 is 18.9 Å². The number of hydrogen-bond donors (Lipinski definition) is 0. The quantitative estimate of drug-likeness (QED) is 0.343. The van der Waals surface area contributed by atoms with E-state index in [-0.39, 0.29) is 18.2 Å². The molecule has 0 saturated heterocycles. The fraction of sp³-hybridized carbons (Fsp3) is 0.120. The fourth-order valence-electron chi connectivity index (χ4n) is 3.20. The summed E-state index contributed by atoms with van der Waals surface area (Å²) >= 11 is 6.21. The van der Waals surface area contributed by atoms with Gasteiger partial charge >= 0.3 is 5.97 Å². The highest BCUT2D eigenvalue weighted by Crippen LogP contribution is 2.40. The SMILES string of the molecule is COc1cc(/C=C2\N=C(c3cccc(F)c3)OC2=O)cc(OC)c1OCc1ccccc1Cl. The van der Waals surface area contributed by atoms with Crippen LogP contribution >= 0.6 is 11.6 Å². The van der Waals surface area contributed by atoms with Crippen molar-refractivity contribution in [3.8, 4) is 17.2 Å². The molecule has 168 valence electrons. The molecule has 0 spiro atoms. The van der Waals surface area contributed by atoms with Gasteiger partial charge in [0, 0.05) is 16.1 Å². The van der Waals surface area contributed by atoms with Crippen molar-refractivity contribution < 1.29 is 28.1 Å². The monoisotopic (exact) mass is 467 g/mol. The minimum Gasteiger partial charge on any atom is -0.493 e. The average Bonchev–Trinajstić information content (AvgIpc) is 3.18. The molecule has 1 aliphatic rings. The van der Waals surface area contributed by atoms with Crippen LogP contribution in [0.5, 0.6) is 17.2 Å². The van der Waals surface area contributed by atoms with Gasteiger partial charge in [-0.2, -0.15) is 0 Å². The zero-order valence-corrected chi connectivity index (χ0v) is 18.6. The molecule has 0 bridgehead atoms. The number of benzene rings is 3. The maximum absolute atomic E-state index is 13.5. The Labute approximate surface area is 194 Å². The third kappa shape index (κ3) is 4.99. The van der Waals surface area contributed by atoms with Gasteiger partial charge in [0.1, 0.15) is 12.4 Å². The van der Waals surface area contributed by atoms with Crippen molar-refractivity contribution in [3.63, 3.8) is 0 Å². The lowest BCUT2D eigenvalue weighted by molar-refractivity contribution is -0.129. The van der Waals surface area contributed by atoms with E-state index in [0.717, 1.165) is 5.56 Å². The van der Waals surface area contributed by atoms with E-state index in [1.807, 2.05) is 18.2 Å². The lowest BCUT2D eigenvalue weighted by Gasteiger charge is -2.16. The Bertz CT molecular complexity index is 1250. The van der Waals surface area contributed by atoms with Crippen LogP contribution in [0, 0.1) is 5.82 Å². The Hall–Kier alpha value is -3.84. The van der Waals surface area contributed by atoms with Crippen molar-refractivity contribution in [2.45, 2.75) is 6.61 Å². The summed E-state index contributed by atoms with van der Waals surface area (Å²) < 4.78 is 35.6.